The molecule has 19 heavy (non-hydrogen) atoms. The Labute approximate surface area is 118 Å². The molecular formula is C12H17ClN2O3S. The Balaban J connectivity index is 2.37. The third kappa shape index (κ3) is 2.86. The fourth-order valence-electron chi connectivity index (χ4n) is 2.28. The average Bonchev–Trinajstić information content (AvgIpc) is 2.41. The molecule has 1 aliphatic heterocycles. The van der Waals surface area contributed by atoms with Gasteiger partial charge >= 0.3 is 0 Å². The number of anilines is 1. The van der Waals surface area contributed by atoms with Crippen molar-refractivity contribution in [3.8, 4) is 0 Å². The highest BCUT2D eigenvalue weighted by Crippen LogP contribution is 2.28. The van der Waals surface area contributed by atoms with Crippen LogP contribution in [0.1, 0.15) is 19.3 Å². The number of nitrogens with two attached hydrogens (primary N) is 1. The molecule has 0 amide bonds. The zero-order chi connectivity index (χ0) is 14.0. The lowest BCUT2D eigenvalue weighted by molar-refractivity contribution is 0.155. The molecule has 1 aromatic carbocycles. The molecular weight excluding hydrogens is 288 g/mol. The van der Waals surface area contributed by atoms with E-state index >= 15 is 0 Å². The summed E-state index contributed by atoms with van der Waals surface area (Å²) in [6.45, 7) is 0.261. The van der Waals surface area contributed by atoms with Crippen LogP contribution in [0.25, 0.3) is 0 Å². The smallest absolute Gasteiger partial charge is 0.243 e. The number of piperidine rings is 1. The van der Waals surface area contributed by atoms with Crippen LogP contribution in [0.3, 0.4) is 0 Å². The number of aliphatic hydroxyl groups excluding tert-OH is 1. The van der Waals surface area contributed by atoms with Gasteiger partial charge in [0.15, 0.2) is 0 Å². The quantitative estimate of drug-likeness (QED) is 0.828. The molecule has 5 nitrogen and oxygen atoms in total. The number of nitrogens with zero attached hydrogens (tertiary/aromatic N) is 1. The Morgan fingerprint density at radius 3 is 2.79 bits per heavy atom. The van der Waals surface area contributed by atoms with Crippen molar-refractivity contribution in [3.05, 3.63) is 23.2 Å². The number of sulfonamides is 1. The average molecular weight is 305 g/mol. The maximum absolute atomic E-state index is 12.5. The summed E-state index contributed by atoms with van der Waals surface area (Å²) in [6, 6.07) is 3.93. The van der Waals surface area contributed by atoms with Crippen LogP contribution in [-0.2, 0) is 10.0 Å². The molecule has 0 spiro atoms. The first-order chi connectivity index (χ1) is 8.96. The van der Waals surface area contributed by atoms with E-state index in [0.717, 1.165) is 12.8 Å². The minimum absolute atomic E-state index is 0.118. The van der Waals surface area contributed by atoms with Crippen molar-refractivity contribution in [1.82, 2.24) is 4.31 Å². The molecule has 0 bridgehead atoms. The molecule has 1 fully saturated rings. The summed E-state index contributed by atoms with van der Waals surface area (Å²) < 4.78 is 26.4. The van der Waals surface area contributed by atoms with E-state index in [1.165, 1.54) is 22.5 Å². The molecule has 2 rings (SSSR count). The van der Waals surface area contributed by atoms with Gasteiger partial charge in [-0.1, -0.05) is 18.0 Å². The summed E-state index contributed by atoms with van der Waals surface area (Å²) in [5.41, 5.74) is 5.93. The molecule has 1 atom stereocenters. The Kier molecular flexibility index (Phi) is 4.35. The third-order valence-corrected chi connectivity index (χ3v) is 5.64. The summed E-state index contributed by atoms with van der Waals surface area (Å²) >= 11 is 5.87. The van der Waals surface area contributed by atoms with Gasteiger partial charge in [0.1, 0.15) is 0 Å². The van der Waals surface area contributed by atoms with Gasteiger partial charge in [-0.3, -0.25) is 0 Å². The zero-order valence-electron chi connectivity index (χ0n) is 10.4. The first-order valence-electron chi connectivity index (χ1n) is 6.14. The van der Waals surface area contributed by atoms with Gasteiger partial charge in [0.25, 0.3) is 0 Å². The van der Waals surface area contributed by atoms with Gasteiger partial charge < -0.3 is 10.8 Å². The van der Waals surface area contributed by atoms with E-state index < -0.39 is 10.0 Å². The van der Waals surface area contributed by atoms with Crippen molar-refractivity contribution < 1.29 is 13.5 Å². The van der Waals surface area contributed by atoms with Crippen molar-refractivity contribution in [2.45, 2.75) is 30.2 Å². The topological polar surface area (TPSA) is 83.6 Å². The summed E-state index contributed by atoms with van der Waals surface area (Å²) in [4.78, 5) is 0.118. The molecule has 1 saturated heterocycles. The van der Waals surface area contributed by atoms with E-state index in [0.29, 0.717) is 18.7 Å². The van der Waals surface area contributed by atoms with Gasteiger partial charge in [0, 0.05) is 12.6 Å². The fraction of sp³-hybridized carbons (Fsp3) is 0.500. The minimum Gasteiger partial charge on any atom is -0.398 e. The van der Waals surface area contributed by atoms with Crippen molar-refractivity contribution in [3.63, 3.8) is 0 Å². The molecule has 1 aliphatic rings. The van der Waals surface area contributed by atoms with E-state index in [9.17, 15) is 13.5 Å². The molecule has 7 heteroatoms. The van der Waals surface area contributed by atoms with E-state index in [1.807, 2.05) is 0 Å². The zero-order valence-corrected chi connectivity index (χ0v) is 12.0. The van der Waals surface area contributed by atoms with Crippen LogP contribution >= 0.6 is 11.6 Å². The maximum atomic E-state index is 12.5. The number of hydrogen-bond acceptors (Lipinski definition) is 4. The Hall–Kier alpha value is -0.820. The monoisotopic (exact) mass is 304 g/mol. The van der Waals surface area contributed by atoms with Crippen LogP contribution in [0.2, 0.25) is 5.02 Å². The van der Waals surface area contributed by atoms with Gasteiger partial charge in [-0.2, -0.15) is 4.31 Å². The highest BCUT2D eigenvalue weighted by Gasteiger charge is 2.33. The molecule has 1 aromatic rings. The van der Waals surface area contributed by atoms with E-state index in [2.05, 4.69) is 0 Å². The maximum Gasteiger partial charge on any atom is 0.243 e. The molecule has 106 valence electrons. The molecule has 0 saturated carbocycles. The molecule has 0 aliphatic carbocycles. The minimum atomic E-state index is -3.63. The first-order valence-corrected chi connectivity index (χ1v) is 7.96. The summed E-state index contributed by atoms with van der Waals surface area (Å²) in [5, 5.41) is 9.54. The van der Waals surface area contributed by atoms with Crippen LogP contribution in [0.15, 0.2) is 23.1 Å². The molecule has 1 unspecified atom stereocenters. The lowest BCUT2D eigenvalue weighted by Gasteiger charge is -2.33. The van der Waals surface area contributed by atoms with E-state index in [4.69, 9.17) is 17.3 Å². The normalized spacial score (nSPS) is 21.5. The summed E-state index contributed by atoms with van der Waals surface area (Å²) in [7, 11) is -3.63. The summed E-state index contributed by atoms with van der Waals surface area (Å²) in [5.74, 6) is 0. The van der Waals surface area contributed by atoms with Crippen LogP contribution < -0.4 is 5.73 Å². The second kappa shape index (κ2) is 5.66. The number of nitrogen functional groups attached to an aromatic ring is 1. The molecule has 1 heterocycles. The lowest BCUT2D eigenvalue weighted by Crippen LogP contribution is -2.45. The standard InChI is InChI=1S/C12H17ClN2O3S/c13-11-7-10(4-5-12(11)14)19(17,18)15-6-2-1-3-9(15)8-16/h4-5,7,9,16H,1-3,6,8,14H2. The van der Waals surface area contributed by atoms with Crippen molar-refractivity contribution >= 4 is 27.3 Å². The molecule has 3 N–H and O–H groups in total. The summed E-state index contributed by atoms with van der Waals surface area (Å²) in [6.07, 6.45) is 2.41. The second-order valence-corrected chi connectivity index (χ2v) is 6.93. The van der Waals surface area contributed by atoms with Gasteiger partial charge in [-0.25, -0.2) is 8.42 Å². The second-order valence-electron chi connectivity index (χ2n) is 4.63. The lowest BCUT2D eigenvalue weighted by atomic mass is 10.1. The number of benzene rings is 1. The van der Waals surface area contributed by atoms with Crippen molar-refractivity contribution in [2.24, 2.45) is 0 Å². The Morgan fingerprint density at radius 1 is 1.42 bits per heavy atom. The van der Waals surface area contributed by atoms with E-state index in [1.54, 1.807) is 0 Å². The van der Waals surface area contributed by atoms with Crippen LogP contribution in [0.5, 0.6) is 0 Å². The fourth-order valence-corrected chi connectivity index (χ4v) is 4.23. The SMILES string of the molecule is Nc1ccc(S(=O)(=O)N2CCCCC2CO)cc1Cl. The highest BCUT2D eigenvalue weighted by molar-refractivity contribution is 7.89. The van der Waals surface area contributed by atoms with Crippen LogP contribution in [-0.4, -0.2) is 37.0 Å². The van der Waals surface area contributed by atoms with Crippen LogP contribution in [0, 0.1) is 0 Å². The Morgan fingerprint density at radius 2 is 2.16 bits per heavy atom. The third-order valence-electron chi connectivity index (χ3n) is 3.36. The Bertz CT molecular complexity index is 562. The number of aliphatic hydroxyl groups is 1. The molecule has 0 aromatic heterocycles. The number of halogens is 1. The first kappa shape index (κ1) is 14.6. The number of rotatable bonds is 3. The van der Waals surface area contributed by atoms with Crippen molar-refractivity contribution in [1.29, 1.82) is 0 Å². The predicted octanol–water partition coefficient (Wildman–Crippen LogP) is 1.46. The highest BCUT2D eigenvalue weighted by atomic mass is 35.5. The van der Waals surface area contributed by atoms with Gasteiger partial charge in [0.2, 0.25) is 10.0 Å². The predicted molar refractivity (Wildman–Crippen MR) is 74.5 cm³/mol. The number of hydrogen-bond donors (Lipinski definition) is 2. The van der Waals surface area contributed by atoms with E-state index in [-0.39, 0.29) is 22.6 Å². The van der Waals surface area contributed by atoms with Gasteiger partial charge in [0.05, 0.1) is 22.2 Å². The molecule has 0 radical (unpaired) electrons. The van der Waals surface area contributed by atoms with Crippen molar-refractivity contribution in [2.75, 3.05) is 18.9 Å². The largest absolute Gasteiger partial charge is 0.398 e. The van der Waals surface area contributed by atoms with Crippen LogP contribution in [0.4, 0.5) is 5.69 Å². The van der Waals surface area contributed by atoms with Gasteiger partial charge in [-0.05, 0) is 31.0 Å². The van der Waals surface area contributed by atoms with Gasteiger partial charge in [-0.15, -0.1) is 0 Å².